The zero-order valence-corrected chi connectivity index (χ0v) is 18.7. The average molecular weight is 437 g/mol. The lowest BCUT2D eigenvalue weighted by molar-refractivity contribution is 0.0742. The first-order chi connectivity index (χ1) is 15.5. The van der Waals surface area contributed by atoms with Gasteiger partial charge >= 0.3 is 5.63 Å². The van der Waals surface area contributed by atoms with Gasteiger partial charge in [-0.15, -0.1) is 0 Å². The Balaban J connectivity index is 1.46. The molecule has 1 aliphatic rings. The first kappa shape index (κ1) is 21.8. The Morgan fingerprint density at radius 2 is 1.94 bits per heavy atom. The van der Waals surface area contributed by atoms with E-state index in [0.717, 1.165) is 17.9 Å². The van der Waals surface area contributed by atoms with Crippen LogP contribution in [0.1, 0.15) is 22.8 Å². The molecule has 0 N–H and O–H groups in total. The molecule has 8 nitrogen and oxygen atoms in total. The molecule has 0 unspecified atom stereocenters. The van der Waals surface area contributed by atoms with Crippen LogP contribution in [-0.2, 0) is 6.54 Å². The maximum atomic E-state index is 13.1. The van der Waals surface area contributed by atoms with Crippen LogP contribution in [0, 0.1) is 0 Å². The van der Waals surface area contributed by atoms with Gasteiger partial charge in [0.1, 0.15) is 11.4 Å². The van der Waals surface area contributed by atoms with Gasteiger partial charge in [0.15, 0.2) is 11.3 Å². The number of carbonyl (C=O) groups is 1. The standard InChI is InChI=1S/C24H28N4O4/c1-4-31-20-7-5-6-18-14-19(24(30)32-22(18)20)23(29)28-12-10-27(11-13-28)21-9-8-17(15-25-21)16-26(2)3/h5-9,14-15H,4,10-13,16H2,1-3H3. The molecule has 2 aromatic heterocycles. The molecule has 4 rings (SSSR count). The van der Waals surface area contributed by atoms with Crippen molar-refractivity contribution in [1.29, 1.82) is 0 Å². The predicted octanol–water partition coefficient (Wildman–Crippen LogP) is 2.61. The number of fused-ring (bicyclic) bond motifs is 1. The maximum Gasteiger partial charge on any atom is 0.349 e. The number of piperazine rings is 1. The second-order valence-electron chi connectivity index (χ2n) is 8.10. The number of para-hydroxylation sites is 1. The number of nitrogens with zero attached hydrogens (tertiary/aromatic N) is 4. The second-order valence-corrected chi connectivity index (χ2v) is 8.10. The van der Waals surface area contributed by atoms with Crippen LogP contribution in [0.5, 0.6) is 5.75 Å². The molecular weight excluding hydrogens is 408 g/mol. The fourth-order valence-electron chi connectivity index (χ4n) is 3.91. The molecule has 0 spiro atoms. The van der Waals surface area contributed by atoms with E-state index in [1.807, 2.05) is 39.3 Å². The van der Waals surface area contributed by atoms with Crippen LogP contribution >= 0.6 is 0 Å². The molecule has 1 aromatic carbocycles. The van der Waals surface area contributed by atoms with Crippen molar-refractivity contribution in [1.82, 2.24) is 14.8 Å². The molecule has 1 saturated heterocycles. The Kier molecular flexibility index (Phi) is 6.41. The Hall–Kier alpha value is -3.39. The Bertz CT molecular complexity index is 1150. The predicted molar refractivity (Wildman–Crippen MR) is 123 cm³/mol. The lowest BCUT2D eigenvalue weighted by Gasteiger charge is -2.35. The van der Waals surface area contributed by atoms with Crippen molar-refractivity contribution in [3.63, 3.8) is 0 Å². The van der Waals surface area contributed by atoms with Crippen LogP contribution in [-0.4, -0.2) is 67.6 Å². The normalized spacial score (nSPS) is 14.2. The lowest BCUT2D eigenvalue weighted by atomic mass is 10.1. The molecule has 8 heteroatoms. The summed E-state index contributed by atoms with van der Waals surface area (Å²) in [5.74, 6) is 1.09. The van der Waals surface area contributed by atoms with Gasteiger partial charge in [-0.05, 0) is 44.8 Å². The van der Waals surface area contributed by atoms with Gasteiger partial charge < -0.3 is 23.9 Å². The number of aromatic nitrogens is 1. The van der Waals surface area contributed by atoms with Gasteiger partial charge in [0.2, 0.25) is 0 Å². The molecule has 0 atom stereocenters. The first-order valence-corrected chi connectivity index (χ1v) is 10.8. The van der Waals surface area contributed by atoms with Gasteiger partial charge in [0.25, 0.3) is 5.91 Å². The molecule has 1 fully saturated rings. The minimum atomic E-state index is -0.643. The highest BCUT2D eigenvalue weighted by atomic mass is 16.5. The van der Waals surface area contributed by atoms with Crippen molar-refractivity contribution in [2.24, 2.45) is 0 Å². The topological polar surface area (TPSA) is 79.1 Å². The highest BCUT2D eigenvalue weighted by Crippen LogP contribution is 2.25. The third kappa shape index (κ3) is 4.60. The van der Waals surface area contributed by atoms with E-state index < -0.39 is 5.63 Å². The molecule has 0 radical (unpaired) electrons. The van der Waals surface area contributed by atoms with Crippen molar-refractivity contribution >= 4 is 22.7 Å². The molecule has 0 saturated carbocycles. The van der Waals surface area contributed by atoms with Gasteiger partial charge in [-0.2, -0.15) is 0 Å². The minimum absolute atomic E-state index is 0.0470. The van der Waals surface area contributed by atoms with E-state index in [-0.39, 0.29) is 11.5 Å². The summed E-state index contributed by atoms with van der Waals surface area (Å²) in [4.78, 5) is 36.2. The number of hydrogen-bond acceptors (Lipinski definition) is 7. The molecule has 0 bridgehead atoms. The molecule has 1 aliphatic heterocycles. The number of carbonyl (C=O) groups excluding carboxylic acids is 1. The van der Waals surface area contributed by atoms with Crippen LogP contribution in [0.3, 0.4) is 0 Å². The Morgan fingerprint density at radius 3 is 2.59 bits per heavy atom. The number of anilines is 1. The quantitative estimate of drug-likeness (QED) is 0.550. The number of pyridine rings is 1. The maximum absolute atomic E-state index is 13.1. The van der Waals surface area contributed by atoms with E-state index in [9.17, 15) is 9.59 Å². The first-order valence-electron chi connectivity index (χ1n) is 10.8. The highest BCUT2D eigenvalue weighted by molar-refractivity contribution is 5.97. The van der Waals surface area contributed by atoms with E-state index in [2.05, 4.69) is 20.9 Å². The second kappa shape index (κ2) is 9.40. The summed E-state index contributed by atoms with van der Waals surface area (Å²) in [5.41, 5.74) is 0.925. The van der Waals surface area contributed by atoms with Gasteiger partial charge in [-0.25, -0.2) is 9.78 Å². The smallest absolute Gasteiger partial charge is 0.349 e. The summed E-state index contributed by atoms with van der Waals surface area (Å²) in [6, 6.07) is 11.1. The van der Waals surface area contributed by atoms with E-state index in [0.29, 0.717) is 49.5 Å². The largest absolute Gasteiger partial charge is 0.490 e. The molecule has 1 amide bonds. The van der Waals surface area contributed by atoms with Crippen LogP contribution in [0.25, 0.3) is 11.0 Å². The van der Waals surface area contributed by atoms with E-state index in [1.165, 1.54) is 0 Å². The Labute approximate surface area is 187 Å². The van der Waals surface area contributed by atoms with Gasteiger partial charge in [0, 0.05) is 44.3 Å². The lowest BCUT2D eigenvalue weighted by Crippen LogP contribution is -2.49. The van der Waals surface area contributed by atoms with Crippen molar-refractivity contribution in [3.8, 4) is 5.75 Å². The highest BCUT2D eigenvalue weighted by Gasteiger charge is 2.26. The van der Waals surface area contributed by atoms with Crippen molar-refractivity contribution in [2.45, 2.75) is 13.5 Å². The SMILES string of the molecule is CCOc1cccc2cc(C(=O)N3CCN(c4ccc(CN(C)C)cn4)CC3)c(=O)oc12. The average Bonchev–Trinajstić information content (AvgIpc) is 2.79. The number of ether oxygens (including phenoxy) is 1. The third-order valence-electron chi connectivity index (χ3n) is 5.45. The van der Waals surface area contributed by atoms with Crippen LogP contribution in [0.4, 0.5) is 5.82 Å². The summed E-state index contributed by atoms with van der Waals surface area (Å²) in [5, 5.41) is 0.666. The summed E-state index contributed by atoms with van der Waals surface area (Å²) >= 11 is 0. The molecule has 0 aliphatic carbocycles. The van der Waals surface area contributed by atoms with Gasteiger partial charge in [-0.3, -0.25) is 4.79 Å². The van der Waals surface area contributed by atoms with E-state index in [4.69, 9.17) is 9.15 Å². The molecule has 32 heavy (non-hydrogen) atoms. The van der Waals surface area contributed by atoms with E-state index in [1.54, 1.807) is 23.1 Å². The summed E-state index contributed by atoms with van der Waals surface area (Å²) in [7, 11) is 4.05. The molecule has 3 aromatic rings. The van der Waals surface area contributed by atoms with Gasteiger partial charge in [-0.1, -0.05) is 18.2 Å². The summed E-state index contributed by atoms with van der Waals surface area (Å²) in [6.07, 6.45) is 1.89. The number of hydrogen-bond donors (Lipinski definition) is 0. The van der Waals surface area contributed by atoms with Crippen molar-refractivity contribution in [2.75, 3.05) is 51.8 Å². The van der Waals surface area contributed by atoms with Crippen LogP contribution in [0.15, 0.2) is 51.8 Å². The van der Waals surface area contributed by atoms with Crippen molar-refractivity contribution < 1.29 is 13.9 Å². The minimum Gasteiger partial charge on any atom is -0.490 e. The Morgan fingerprint density at radius 1 is 1.16 bits per heavy atom. The van der Waals surface area contributed by atoms with Gasteiger partial charge in [0.05, 0.1) is 6.61 Å². The zero-order valence-electron chi connectivity index (χ0n) is 18.7. The molecular formula is C24H28N4O4. The molecule has 168 valence electrons. The molecule has 3 heterocycles. The van der Waals surface area contributed by atoms with Crippen LogP contribution in [0.2, 0.25) is 0 Å². The summed E-state index contributed by atoms with van der Waals surface area (Å²) in [6.45, 7) is 5.49. The van der Waals surface area contributed by atoms with E-state index >= 15 is 0 Å². The monoisotopic (exact) mass is 436 g/mol. The number of benzene rings is 1. The van der Waals surface area contributed by atoms with Crippen molar-refractivity contribution in [3.05, 3.63) is 64.1 Å². The number of amides is 1. The van der Waals surface area contributed by atoms with Crippen LogP contribution < -0.4 is 15.3 Å². The number of rotatable bonds is 6. The third-order valence-corrected chi connectivity index (χ3v) is 5.45. The fourth-order valence-corrected chi connectivity index (χ4v) is 3.91. The zero-order chi connectivity index (χ0) is 22.7. The summed E-state index contributed by atoms with van der Waals surface area (Å²) < 4.78 is 11.0. The fraction of sp³-hybridized carbons (Fsp3) is 0.375.